The van der Waals surface area contributed by atoms with Crippen molar-refractivity contribution < 1.29 is 14.3 Å². The van der Waals surface area contributed by atoms with Gasteiger partial charge in [0.25, 0.3) is 0 Å². The third kappa shape index (κ3) is 5.73. The fraction of sp³-hybridized carbons (Fsp3) is 0.250. The van der Waals surface area contributed by atoms with Gasteiger partial charge in [0.2, 0.25) is 11.9 Å². The molecule has 0 bridgehead atoms. The van der Waals surface area contributed by atoms with E-state index in [1.54, 1.807) is 25.4 Å². The van der Waals surface area contributed by atoms with E-state index >= 15 is 0 Å². The van der Waals surface area contributed by atoms with Crippen LogP contribution in [-0.2, 0) is 11.8 Å². The van der Waals surface area contributed by atoms with Gasteiger partial charge in [-0.1, -0.05) is 24.8 Å². The minimum absolute atomic E-state index is 0.349. The molecule has 0 radical (unpaired) electrons. The van der Waals surface area contributed by atoms with E-state index in [0.29, 0.717) is 42.0 Å². The quantitative estimate of drug-likeness (QED) is 0.303. The van der Waals surface area contributed by atoms with E-state index in [1.807, 2.05) is 45.1 Å². The highest BCUT2D eigenvalue weighted by Crippen LogP contribution is 2.38. The number of anilines is 3. The summed E-state index contributed by atoms with van der Waals surface area (Å²) in [6, 6.07) is 11.7. The van der Waals surface area contributed by atoms with Crippen molar-refractivity contribution in [1.29, 1.82) is 0 Å². The lowest BCUT2D eigenvalue weighted by Crippen LogP contribution is -2.20. The van der Waals surface area contributed by atoms with Gasteiger partial charge in [0.05, 0.1) is 24.2 Å². The van der Waals surface area contributed by atoms with Crippen molar-refractivity contribution in [2.45, 2.75) is 6.92 Å². The Morgan fingerprint density at radius 2 is 1.97 bits per heavy atom. The lowest BCUT2D eigenvalue weighted by molar-refractivity contribution is -0.111. The number of carbonyl (C=O) groups excluding carboxylic acids is 1. The molecule has 0 aliphatic heterocycles. The van der Waals surface area contributed by atoms with Crippen molar-refractivity contribution in [3.8, 4) is 22.8 Å². The molecule has 0 spiro atoms. The third-order valence-corrected chi connectivity index (χ3v) is 5.91. The average Bonchev–Trinajstić information content (AvgIpc) is 3.22. The van der Waals surface area contributed by atoms with Crippen LogP contribution in [0.4, 0.5) is 17.3 Å². The van der Waals surface area contributed by atoms with Gasteiger partial charge >= 0.3 is 0 Å². The molecule has 9 nitrogen and oxygen atoms in total. The van der Waals surface area contributed by atoms with Crippen LogP contribution in [0, 0.1) is 6.92 Å². The average molecular weight is 501 g/mol. The SMILES string of the molecule is C=CC(=O)Nc1cc(Nc2ncc(C)c(-c3cn(C)c4ccccc34)n2)c(OC)cc1OCCN(C)C. The number of rotatable bonds is 10. The van der Waals surface area contributed by atoms with Crippen molar-refractivity contribution in [2.24, 2.45) is 7.05 Å². The summed E-state index contributed by atoms with van der Waals surface area (Å²) in [6.45, 7) is 6.69. The Morgan fingerprint density at radius 1 is 1.19 bits per heavy atom. The molecule has 1 amide bonds. The molecular weight excluding hydrogens is 468 g/mol. The van der Waals surface area contributed by atoms with Crippen LogP contribution in [0.3, 0.4) is 0 Å². The van der Waals surface area contributed by atoms with E-state index in [0.717, 1.165) is 27.7 Å². The second-order valence-corrected chi connectivity index (χ2v) is 8.91. The molecule has 0 atom stereocenters. The molecule has 0 saturated heterocycles. The molecule has 37 heavy (non-hydrogen) atoms. The number of likely N-dealkylation sites (N-methyl/N-ethyl adjacent to an activating group) is 1. The fourth-order valence-corrected chi connectivity index (χ4v) is 3.99. The summed E-state index contributed by atoms with van der Waals surface area (Å²) in [5.74, 6) is 1.06. The van der Waals surface area contributed by atoms with E-state index in [-0.39, 0.29) is 5.91 Å². The molecule has 0 unspecified atom stereocenters. The van der Waals surface area contributed by atoms with Crippen LogP contribution in [0.1, 0.15) is 5.56 Å². The van der Waals surface area contributed by atoms with Gasteiger partial charge in [-0.25, -0.2) is 9.97 Å². The van der Waals surface area contributed by atoms with Crippen LogP contribution in [0.25, 0.3) is 22.2 Å². The number of aryl methyl sites for hydroxylation is 2. The second-order valence-electron chi connectivity index (χ2n) is 8.91. The predicted octanol–water partition coefficient (Wildman–Crippen LogP) is 4.76. The number of amides is 1. The number of hydrogen-bond donors (Lipinski definition) is 2. The van der Waals surface area contributed by atoms with Crippen molar-refractivity contribution in [3.05, 3.63) is 67.0 Å². The minimum Gasteiger partial charge on any atom is -0.494 e. The first kappa shape index (κ1) is 25.7. The number of nitrogens with one attached hydrogen (secondary N) is 2. The van der Waals surface area contributed by atoms with Crippen LogP contribution in [0.2, 0.25) is 0 Å². The van der Waals surface area contributed by atoms with Crippen molar-refractivity contribution >= 4 is 34.1 Å². The Bertz CT molecular complexity index is 1440. The number of carbonyl (C=O) groups is 1. The molecule has 0 saturated carbocycles. The Balaban J connectivity index is 1.71. The summed E-state index contributed by atoms with van der Waals surface area (Å²) in [7, 11) is 7.52. The topological polar surface area (TPSA) is 93.5 Å². The molecule has 192 valence electrons. The molecule has 0 aliphatic rings. The van der Waals surface area contributed by atoms with Gasteiger partial charge in [0.15, 0.2) is 0 Å². The first-order chi connectivity index (χ1) is 17.8. The van der Waals surface area contributed by atoms with Crippen LogP contribution in [-0.4, -0.2) is 59.7 Å². The van der Waals surface area contributed by atoms with Gasteiger partial charge in [0.1, 0.15) is 18.1 Å². The number of ether oxygens (including phenoxy) is 2. The maximum absolute atomic E-state index is 12.1. The molecule has 9 heteroatoms. The highest BCUT2D eigenvalue weighted by atomic mass is 16.5. The molecule has 4 aromatic rings. The predicted molar refractivity (Wildman–Crippen MR) is 148 cm³/mol. The number of benzene rings is 2. The first-order valence-corrected chi connectivity index (χ1v) is 11.9. The number of fused-ring (bicyclic) bond motifs is 1. The molecule has 2 aromatic carbocycles. The van der Waals surface area contributed by atoms with Crippen molar-refractivity contribution in [2.75, 3.05) is 45.0 Å². The largest absolute Gasteiger partial charge is 0.494 e. The molecular formula is C28H32N6O3. The molecule has 2 N–H and O–H groups in total. The molecule has 2 aromatic heterocycles. The van der Waals surface area contributed by atoms with E-state index in [2.05, 4.69) is 45.1 Å². The van der Waals surface area contributed by atoms with Crippen molar-refractivity contribution in [1.82, 2.24) is 19.4 Å². The maximum atomic E-state index is 12.1. The Morgan fingerprint density at radius 3 is 2.70 bits per heavy atom. The van der Waals surface area contributed by atoms with Crippen LogP contribution in [0.15, 0.2) is 61.4 Å². The summed E-state index contributed by atoms with van der Waals surface area (Å²) < 4.78 is 13.7. The first-order valence-electron chi connectivity index (χ1n) is 11.9. The van der Waals surface area contributed by atoms with E-state index in [4.69, 9.17) is 14.5 Å². The normalized spacial score (nSPS) is 11.0. The molecule has 4 rings (SSSR count). The summed E-state index contributed by atoms with van der Waals surface area (Å²) in [5, 5.41) is 7.18. The highest BCUT2D eigenvalue weighted by molar-refractivity contribution is 6.00. The van der Waals surface area contributed by atoms with E-state index in [9.17, 15) is 4.79 Å². The zero-order valence-corrected chi connectivity index (χ0v) is 21.8. The second kappa shape index (κ2) is 11.1. The van der Waals surface area contributed by atoms with Gasteiger partial charge in [-0.3, -0.25) is 4.79 Å². The van der Waals surface area contributed by atoms with Crippen molar-refractivity contribution in [3.63, 3.8) is 0 Å². The number of aromatic nitrogens is 3. The number of para-hydroxylation sites is 1. The Hall–Kier alpha value is -4.37. The zero-order chi connectivity index (χ0) is 26.5. The Labute approximate surface area is 216 Å². The summed E-state index contributed by atoms with van der Waals surface area (Å²) in [6.07, 6.45) is 5.08. The summed E-state index contributed by atoms with van der Waals surface area (Å²) >= 11 is 0. The highest BCUT2D eigenvalue weighted by Gasteiger charge is 2.17. The monoisotopic (exact) mass is 500 g/mol. The van der Waals surface area contributed by atoms with E-state index < -0.39 is 0 Å². The smallest absolute Gasteiger partial charge is 0.247 e. The zero-order valence-electron chi connectivity index (χ0n) is 21.8. The third-order valence-electron chi connectivity index (χ3n) is 5.91. The van der Waals surface area contributed by atoms with Gasteiger partial charge in [-0.15, -0.1) is 0 Å². The van der Waals surface area contributed by atoms with Gasteiger partial charge in [-0.2, -0.15) is 0 Å². The van der Waals surface area contributed by atoms with E-state index in [1.165, 1.54) is 6.08 Å². The fourth-order valence-electron chi connectivity index (χ4n) is 3.99. The number of methoxy groups -OCH3 is 1. The standard InChI is InChI=1S/C28H32N6O3/c1-7-26(35)30-22-14-21(24(36-6)15-25(22)37-13-12-33(3)4)31-28-29-16-18(2)27(32-28)20-17-34(5)23-11-9-8-10-19(20)23/h7-11,14-17H,1,12-13H2,2-6H3,(H,30,35)(H,29,31,32). The van der Waals surface area contributed by atoms with Gasteiger partial charge in [-0.05, 0) is 44.8 Å². The van der Waals surface area contributed by atoms with Gasteiger partial charge < -0.3 is 29.6 Å². The lowest BCUT2D eigenvalue weighted by atomic mass is 10.1. The van der Waals surface area contributed by atoms with Crippen LogP contribution in [0.5, 0.6) is 11.5 Å². The summed E-state index contributed by atoms with van der Waals surface area (Å²) in [5.41, 5.74) is 4.99. The molecule has 0 aliphatic carbocycles. The summed E-state index contributed by atoms with van der Waals surface area (Å²) in [4.78, 5) is 23.5. The number of nitrogens with zero attached hydrogens (tertiary/aromatic N) is 4. The molecule has 2 heterocycles. The van der Waals surface area contributed by atoms with Crippen LogP contribution < -0.4 is 20.1 Å². The van der Waals surface area contributed by atoms with Crippen LogP contribution >= 0.6 is 0 Å². The number of hydrogen-bond acceptors (Lipinski definition) is 7. The maximum Gasteiger partial charge on any atom is 0.247 e. The molecule has 0 fully saturated rings. The minimum atomic E-state index is -0.349. The van der Waals surface area contributed by atoms with Gasteiger partial charge in [0, 0.05) is 48.5 Å². The lowest BCUT2D eigenvalue weighted by Gasteiger charge is -2.18. The Kier molecular flexibility index (Phi) is 7.74.